The van der Waals surface area contributed by atoms with Crippen molar-refractivity contribution in [3.05, 3.63) is 131 Å². The van der Waals surface area contributed by atoms with Gasteiger partial charge in [-0.25, -0.2) is 22.6 Å². The molecule has 0 bridgehead atoms. The number of terminal acetylenes is 1. The zero-order valence-corrected chi connectivity index (χ0v) is 21.2. The number of hydrogen-bond acceptors (Lipinski definition) is 5. The number of halogens is 4. The number of pyridine rings is 2. The first-order chi connectivity index (χ1) is 19.2. The van der Waals surface area contributed by atoms with E-state index in [2.05, 4.69) is 27.7 Å². The lowest BCUT2D eigenvalue weighted by atomic mass is 10.1. The Morgan fingerprint density at radius 3 is 1.80 bits per heavy atom. The molecule has 4 aromatic rings. The maximum Gasteiger partial charge on any atom is 0.278 e. The molecule has 0 saturated heterocycles. The van der Waals surface area contributed by atoms with Crippen LogP contribution in [0.5, 0.6) is 0 Å². The molecule has 0 N–H and O–H groups in total. The van der Waals surface area contributed by atoms with Crippen LogP contribution < -0.4 is 0 Å². The lowest BCUT2D eigenvalue weighted by Crippen LogP contribution is -2.25. The zero-order chi connectivity index (χ0) is 29.5. The highest BCUT2D eigenvalue weighted by atomic mass is 19.1. The van der Waals surface area contributed by atoms with Crippen molar-refractivity contribution < 1.29 is 32.0 Å². The molecule has 0 atom stereocenters. The predicted octanol–water partition coefficient (Wildman–Crippen LogP) is 5.26. The van der Waals surface area contributed by atoms with Gasteiger partial charge >= 0.3 is 0 Å². The van der Waals surface area contributed by atoms with Crippen molar-refractivity contribution in [1.29, 1.82) is 0 Å². The molecule has 0 radical (unpaired) electrons. The molecule has 4 rings (SSSR count). The van der Waals surface area contributed by atoms with E-state index in [0.29, 0.717) is 11.1 Å². The summed E-state index contributed by atoms with van der Waals surface area (Å²) in [6.07, 6.45) is 10.9. The lowest BCUT2D eigenvalue weighted by molar-refractivity contribution is -0.0757. The number of carbonyl (C=O) groups is 2. The third-order valence-corrected chi connectivity index (χ3v) is 4.72. The maximum atomic E-state index is 13.2. The van der Waals surface area contributed by atoms with Crippen LogP contribution in [0.4, 0.5) is 17.6 Å². The number of nitrogens with zero attached hydrogens (tertiary/aromatic N) is 3. The van der Waals surface area contributed by atoms with Crippen molar-refractivity contribution in [1.82, 2.24) is 15.0 Å². The van der Waals surface area contributed by atoms with Gasteiger partial charge in [0.05, 0.1) is 23.8 Å². The molecule has 2 heterocycles. The van der Waals surface area contributed by atoms with Crippen molar-refractivity contribution in [2.75, 3.05) is 14.2 Å². The van der Waals surface area contributed by atoms with Crippen LogP contribution in [0.3, 0.4) is 0 Å². The van der Waals surface area contributed by atoms with E-state index in [-0.39, 0.29) is 17.0 Å². The van der Waals surface area contributed by atoms with Crippen LogP contribution in [0.1, 0.15) is 31.8 Å². The first-order valence-electron chi connectivity index (χ1n) is 11.2. The Balaban J connectivity index is 0.000000222. The molecule has 0 aliphatic rings. The van der Waals surface area contributed by atoms with Crippen LogP contribution in [-0.2, 0) is 4.84 Å². The Morgan fingerprint density at radius 2 is 1.35 bits per heavy atom. The third-order valence-electron chi connectivity index (χ3n) is 4.72. The second-order valence-corrected chi connectivity index (χ2v) is 7.44. The van der Waals surface area contributed by atoms with Crippen LogP contribution in [-0.4, -0.2) is 40.9 Å². The molecule has 40 heavy (non-hydrogen) atoms. The van der Waals surface area contributed by atoms with E-state index in [1.54, 1.807) is 37.5 Å². The number of hydrogen-bond donors (Lipinski definition) is 0. The molecule has 1 amide bonds. The molecule has 0 spiro atoms. The third kappa shape index (κ3) is 9.86. The smallest absolute Gasteiger partial charge is 0.278 e. The molecule has 2 aromatic heterocycles. The van der Waals surface area contributed by atoms with Gasteiger partial charge in [-0.15, -0.1) is 6.42 Å². The number of rotatable bonds is 3. The highest BCUT2D eigenvalue weighted by Crippen LogP contribution is 2.08. The topological polar surface area (TPSA) is 72.4 Å². The standard InChI is InChI=1S/C14H7F2NO.C8H4F2.C8H10N2O2/c15-12-5-3-10(13(16)8-12)4-6-14(18)11-2-1-7-17-9-11;1-2-6-3-4-7(9)5-8(6)10;1-10(12-2)8(11)7-4-3-5-9-6-7/h1-3,5,7-9H;1,3-5H;3-6H,1-2H3. The van der Waals surface area contributed by atoms with Crippen molar-refractivity contribution in [3.63, 3.8) is 0 Å². The SMILES string of the molecule is C#Cc1ccc(F)cc1F.CON(C)C(=O)c1cccnc1.O=C(C#Cc1ccc(F)cc1F)c1cccnc1. The van der Waals surface area contributed by atoms with Crippen LogP contribution >= 0.6 is 0 Å². The molecule has 10 heteroatoms. The summed E-state index contributed by atoms with van der Waals surface area (Å²) in [5, 5.41) is 1.15. The first kappa shape index (κ1) is 30.9. The van der Waals surface area contributed by atoms with Crippen LogP contribution in [0.15, 0.2) is 85.5 Å². The average molecular weight is 548 g/mol. The summed E-state index contributed by atoms with van der Waals surface area (Å²) in [5.74, 6) is 3.28. The van der Waals surface area contributed by atoms with Gasteiger partial charge in [-0.1, -0.05) is 11.8 Å². The zero-order valence-electron chi connectivity index (χ0n) is 21.2. The van der Waals surface area contributed by atoms with E-state index >= 15 is 0 Å². The van der Waals surface area contributed by atoms with E-state index in [0.717, 1.165) is 29.3 Å². The number of benzene rings is 2. The number of ketones is 1. The minimum absolute atomic E-state index is 0.0198. The molecule has 0 saturated carbocycles. The lowest BCUT2D eigenvalue weighted by Gasteiger charge is -2.12. The van der Waals surface area contributed by atoms with Crippen molar-refractivity contribution in [2.24, 2.45) is 0 Å². The Morgan fingerprint density at radius 1 is 0.825 bits per heavy atom. The van der Waals surface area contributed by atoms with Gasteiger partial charge in [0, 0.05) is 49.5 Å². The van der Waals surface area contributed by atoms with Crippen molar-refractivity contribution in [3.8, 4) is 24.2 Å². The average Bonchev–Trinajstić information content (AvgIpc) is 2.97. The number of aromatic nitrogens is 2. The maximum absolute atomic E-state index is 13.2. The highest BCUT2D eigenvalue weighted by Gasteiger charge is 2.09. The number of carbonyl (C=O) groups excluding carboxylic acids is 2. The Hall–Kier alpha value is -5.32. The summed E-state index contributed by atoms with van der Waals surface area (Å²) >= 11 is 0. The summed E-state index contributed by atoms with van der Waals surface area (Å²) in [7, 11) is 2.99. The minimum Gasteiger partial charge on any atom is -0.279 e. The van der Waals surface area contributed by atoms with Gasteiger partial charge in [0.15, 0.2) is 0 Å². The predicted molar refractivity (Wildman–Crippen MR) is 139 cm³/mol. The number of amides is 1. The van der Waals surface area contributed by atoms with E-state index in [9.17, 15) is 27.2 Å². The largest absolute Gasteiger partial charge is 0.279 e. The van der Waals surface area contributed by atoms with E-state index in [1.807, 2.05) is 0 Å². The van der Waals surface area contributed by atoms with Gasteiger partial charge in [0.1, 0.15) is 23.3 Å². The summed E-state index contributed by atoms with van der Waals surface area (Å²) in [4.78, 5) is 35.2. The number of Topliss-reactive ketones (excluding diaryl/α,β-unsaturated/α-hetero) is 1. The first-order valence-corrected chi connectivity index (χ1v) is 11.2. The molecule has 202 valence electrons. The Labute approximate surface area is 228 Å². The fourth-order valence-electron chi connectivity index (χ4n) is 2.64. The number of hydroxylamine groups is 2. The molecule has 0 fully saturated rings. The van der Waals surface area contributed by atoms with Crippen LogP contribution in [0.2, 0.25) is 0 Å². The van der Waals surface area contributed by atoms with Gasteiger partial charge in [-0.05, 0) is 54.5 Å². The van der Waals surface area contributed by atoms with E-state index < -0.39 is 29.1 Å². The van der Waals surface area contributed by atoms with Crippen LogP contribution in [0, 0.1) is 47.5 Å². The van der Waals surface area contributed by atoms with E-state index in [1.165, 1.54) is 37.8 Å². The Kier molecular flexibility index (Phi) is 12.2. The van der Waals surface area contributed by atoms with Gasteiger partial charge in [0.2, 0.25) is 5.78 Å². The quantitative estimate of drug-likeness (QED) is 0.152. The van der Waals surface area contributed by atoms with Gasteiger partial charge in [-0.3, -0.25) is 24.4 Å². The fourth-order valence-corrected chi connectivity index (χ4v) is 2.64. The molecular weight excluding hydrogens is 526 g/mol. The molecule has 6 nitrogen and oxygen atoms in total. The minimum atomic E-state index is -0.790. The summed E-state index contributed by atoms with van der Waals surface area (Å²) in [5.41, 5.74) is 0.907. The Bertz CT molecular complexity index is 1550. The van der Waals surface area contributed by atoms with Crippen molar-refractivity contribution in [2.45, 2.75) is 0 Å². The monoisotopic (exact) mass is 547 g/mol. The normalized spacial score (nSPS) is 9.32. The molecular formula is C30H21F4N3O3. The summed E-state index contributed by atoms with van der Waals surface area (Å²) in [6, 6.07) is 12.7. The van der Waals surface area contributed by atoms with Gasteiger partial charge in [-0.2, -0.15) is 0 Å². The highest BCUT2D eigenvalue weighted by molar-refractivity contribution is 6.09. The molecule has 2 aromatic carbocycles. The molecule has 0 aliphatic carbocycles. The van der Waals surface area contributed by atoms with Gasteiger partial charge in [0.25, 0.3) is 5.91 Å². The van der Waals surface area contributed by atoms with Crippen LogP contribution in [0.25, 0.3) is 0 Å². The van der Waals surface area contributed by atoms with E-state index in [4.69, 9.17) is 11.3 Å². The molecule has 0 unspecified atom stereocenters. The fraction of sp³-hybridized carbons (Fsp3) is 0.0667. The summed E-state index contributed by atoms with van der Waals surface area (Å²) < 4.78 is 50.5. The second kappa shape index (κ2) is 15.8. The molecule has 0 aliphatic heterocycles. The van der Waals surface area contributed by atoms with Crippen molar-refractivity contribution >= 4 is 11.7 Å². The summed E-state index contributed by atoms with van der Waals surface area (Å²) in [6.45, 7) is 0. The second-order valence-electron chi connectivity index (χ2n) is 7.44. The van der Waals surface area contributed by atoms with Gasteiger partial charge < -0.3 is 0 Å².